The summed E-state index contributed by atoms with van der Waals surface area (Å²) in [5, 5.41) is 3.29. The molecule has 18 heavy (non-hydrogen) atoms. The number of thioether (sulfide) groups is 1. The SMILES string of the molecule is COC(CNc1ccc2nc(SC)sc2c1)OC. The molecule has 1 N–H and O–H groups in total. The zero-order valence-electron chi connectivity index (χ0n) is 10.6. The van der Waals surface area contributed by atoms with Gasteiger partial charge in [0.25, 0.3) is 0 Å². The fourth-order valence-electron chi connectivity index (χ4n) is 1.56. The predicted octanol–water partition coefficient (Wildman–Crippen LogP) is 3.05. The van der Waals surface area contributed by atoms with Crippen LogP contribution in [-0.4, -0.2) is 38.3 Å². The second kappa shape index (κ2) is 6.38. The number of rotatable bonds is 6. The quantitative estimate of drug-likeness (QED) is 0.652. The number of anilines is 1. The molecule has 0 fully saturated rings. The van der Waals surface area contributed by atoms with Crippen molar-refractivity contribution in [1.29, 1.82) is 0 Å². The number of fused-ring (bicyclic) bond motifs is 1. The van der Waals surface area contributed by atoms with E-state index in [4.69, 9.17) is 9.47 Å². The smallest absolute Gasteiger partial charge is 0.173 e. The topological polar surface area (TPSA) is 43.4 Å². The van der Waals surface area contributed by atoms with Gasteiger partial charge in [0.15, 0.2) is 10.6 Å². The van der Waals surface area contributed by atoms with Crippen molar-refractivity contribution in [3.8, 4) is 0 Å². The Labute approximate surface area is 115 Å². The van der Waals surface area contributed by atoms with Gasteiger partial charge in [-0.25, -0.2) is 4.98 Å². The van der Waals surface area contributed by atoms with Crippen LogP contribution in [0.2, 0.25) is 0 Å². The lowest BCUT2D eigenvalue weighted by atomic mass is 10.3. The summed E-state index contributed by atoms with van der Waals surface area (Å²) in [7, 11) is 3.26. The van der Waals surface area contributed by atoms with E-state index in [2.05, 4.69) is 16.4 Å². The van der Waals surface area contributed by atoms with Crippen LogP contribution in [0, 0.1) is 0 Å². The van der Waals surface area contributed by atoms with Crippen molar-refractivity contribution < 1.29 is 9.47 Å². The summed E-state index contributed by atoms with van der Waals surface area (Å²) < 4.78 is 12.5. The number of methoxy groups -OCH3 is 2. The van der Waals surface area contributed by atoms with Crippen molar-refractivity contribution in [2.45, 2.75) is 10.6 Å². The molecule has 98 valence electrons. The minimum absolute atomic E-state index is 0.232. The molecule has 1 aromatic carbocycles. The van der Waals surface area contributed by atoms with Gasteiger partial charge in [-0.15, -0.1) is 11.3 Å². The van der Waals surface area contributed by atoms with Gasteiger partial charge in [0, 0.05) is 19.9 Å². The minimum Gasteiger partial charge on any atom is -0.380 e. The van der Waals surface area contributed by atoms with Gasteiger partial charge >= 0.3 is 0 Å². The summed E-state index contributed by atoms with van der Waals surface area (Å²) in [6.45, 7) is 0.618. The van der Waals surface area contributed by atoms with Crippen molar-refractivity contribution in [2.75, 3.05) is 32.3 Å². The van der Waals surface area contributed by atoms with Gasteiger partial charge in [0.1, 0.15) is 0 Å². The van der Waals surface area contributed by atoms with E-state index in [-0.39, 0.29) is 6.29 Å². The van der Waals surface area contributed by atoms with E-state index in [1.165, 1.54) is 4.70 Å². The zero-order chi connectivity index (χ0) is 13.0. The summed E-state index contributed by atoms with van der Waals surface area (Å²) in [6.07, 6.45) is 1.81. The highest BCUT2D eigenvalue weighted by molar-refractivity contribution is 8.00. The number of nitrogens with zero attached hydrogens (tertiary/aromatic N) is 1. The van der Waals surface area contributed by atoms with Crippen LogP contribution >= 0.6 is 23.1 Å². The lowest BCUT2D eigenvalue weighted by Gasteiger charge is -2.14. The molecular weight excluding hydrogens is 268 g/mol. The number of thiazole rings is 1. The zero-order valence-corrected chi connectivity index (χ0v) is 12.2. The van der Waals surface area contributed by atoms with Gasteiger partial charge in [0.05, 0.1) is 16.8 Å². The van der Waals surface area contributed by atoms with E-state index in [0.29, 0.717) is 6.54 Å². The van der Waals surface area contributed by atoms with Gasteiger partial charge < -0.3 is 14.8 Å². The number of ether oxygens (including phenoxy) is 2. The Morgan fingerprint density at radius 3 is 2.83 bits per heavy atom. The molecule has 2 rings (SSSR count). The number of hydrogen-bond donors (Lipinski definition) is 1. The molecule has 0 aliphatic heterocycles. The second-order valence-corrected chi connectivity index (χ2v) is 5.73. The Morgan fingerprint density at radius 2 is 2.17 bits per heavy atom. The van der Waals surface area contributed by atoms with Crippen molar-refractivity contribution in [1.82, 2.24) is 4.98 Å². The highest BCUT2D eigenvalue weighted by Gasteiger charge is 2.06. The molecular formula is C12H16N2O2S2. The lowest BCUT2D eigenvalue weighted by Crippen LogP contribution is -2.23. The molecule has 0 amide bonds. The summed E-state index contributed by atoms with van der Waals surface area (Å²) >= 11 is 3.38. The van der Waals surface area contributed by atoms with E-state index in [1.54, 1.807) is 37.3 Å². The molecule has 0 aliphatic carbocycles. The van der Waals surface area contributed by atoms with Crippen LogP contribution in [0.3, 0.4) is 0 Å². The van der Waals surface area contributed by atoms with Gasteiger partial charge in [-0.3, -0.25) is 0 Å². The number of hydrogen-bond acceptors (Lipinski definition) is 6. The molecule has 4 nitrogen and oxygen atoms in total. The summed E-state index contributed by atoms with van der Waals surface area (Å²) in [5.74, 6) is 0. The van der Waals surface area contributed by atoms with Crippen molar-refractivity contribution in [3.63, 3.8) is 0 Å². The maximum absolute atomic E-state index is 5.13. The Balaban J connectivity index is 2.09. The average Bonchev–Trinajstić information content (AvgIpc) is 2.82. The normalized spacial score (nSPS) is 11.3. The molecule has 0 bridgehead atoms. The van der Waals surface area contributed by atoms with E-state index in [1.807, 2.05) is 18.4 Å². The van der Waals surface area contributed by atoms with E-state index in [9.17, 15) is 0 Å². The van der Waals surface area contributed by atoms with E-state index < -0.39 is 0 Å². The third kappa shape index (κ3) is 3.14. The summed E-state index contributed by atoms with van der Waals surface area (Å²) in [6, 6.07) is 6.16. The maximum atomic E-state index is 5.13. The fraction of sp³-hybridized carbons (Fsp3) is 0.417. The fourth-order valence-corrected chi connectivity index (χ4v) is 3.09. The van der Waals surface area contributed by atoms with Crippen LogP contribution in [0.25, 0.3) is 10.2 Å². The summed E-state index contributed by atoms with van der Waals surface area (Å²) in [4.78, 5) is 4.50. The van der Waals surface area contributed by atoms with Crippen LogP contribution in [0.15, 0.2) is 22.5 Å². The molecule has 0 radical (unpaired) electrons. The van der Waals surface area contributed by atoms with Crippen molar-refractivity contribution in [3.05, 3.63) is 18.2 Å². The lowest BCUT2D eigenvalue weighted by molar-refractivity contribution is -0.0914. The highest BCUT2D eigenvalue weighted by Crippen LogP contribution is 2.29. The molecule has 0 atom stereocenters. The van der Waals surface area contributed by atoms with Gasteiger partial charge in [0.2, 0.25) is 0 Å². The second-order valence-electron chi connectivity index (χ2n) is 3.65. The molecule has 0 saturated heterocycles. The molecule has 6 heteroatoms. The first kappa shape index (κ1) is 13.6. The Hall–Kier alpha value is -0.820. The molecule has 2 aromatic rings. The Bertz CT molecular complexity index is 512. The van der Waals surface area contributed by atoms with Crippen LogP contribution < -0.4 is 5.32 Å². The first-order valence-electron chi connectivity index (χ1n) is 5.51. The van der Waals surface area contributed by atoms with Crippen LogP contribution in [0.1, 0.15) is 0 Å². The Kier molecular flexibility index (Phi) is 4.82. The first-order chi connectivity index (χ1) is 8.76. The predicted molar refractivity (Wildman–Crippen MR) is 77.7 cm³/mol. The van der Waals surface area contributed by atoms with E-state index in [0.717, 1.165) is 15.5 Å². The van der Waals surface area contributed by atoms with E-state index >= 15 is 0 Å². The minimum atomic E-state index is -0.232. The highest BCUT2D eigenvalue weighted by atomic mass is 32.2. The van der Waals surface area contributed by atoms with Gasteiger partial charge in [-0.2, -0.15) is 0 Å². The van der Waals surface area contributed by atoms with Gasteiger partial charge in [-0.1, -0.05) is 11.8 Å². The largest absolute Gasteiger partial charge is 0.380 e. The Morgan fingerprint density at radius 1 is 1.39 bits per heavy atom. The third-order valence-electron chi connectivity index (χ3n) is 2.54. The summed E-state index contributed by atoms with van der Waals surface area (Å²) in [5.41, 5.74) is 2.10. The number of aromatic nitrogens is 1. The van der Waals surface area contributed by atoms with Crippen LogP contribution in [0.4, 0.5) is 5.69 Å². The first-order valence-corrected chi connectivity index (χ1v) is 7.55. The standard InChI is InChI=1S/C12H16N2O2S2/c1-15-11(16-2)7-13-8-4-5-9-10(6-8)18-12(14-9)17-3/h4-6,11,13H,7H2,1-3H3. The van der Waals surface area contributed by atoms with Crippen molar-refractivity contribution >= 4 is 39.0 Å². The van der Waals surface area contributed by atoms with Crippen LogP contribution in [-0.2, 0) is 9.47 Å². The maximum Gasteiger partial charge on any atom is 0.173 e. The van der Waals surface area contributed by atoms with Crippen LogP contribution in [0.5, 0.6) is 0 Å². The monoisotopic (exact) mass is 284 g/mol. The average molecular weight is 284 g/mol. The molecule has 0 unspecified atom stereocenters. The third-order valence-corrected chi connectivity index (χ3v) is 4.55. The van der Waals surface area contributed by atoms with Crippen molar-refractivity contribution in [2.24, 2.45) is 0 Å². The number of benzene rings is 1. The van der Waals surface area contributed by atoms with Gasteiger partial charge in [-0.05, 0) is 24.5 Å². The molecule has 0 aliphatic rings. The molecule has 0 saturated carbocycles. The molecule has 0 spiro atoms. The number of nitrogens with one attached hydrogen (secondary N) is 1. The molecule has 1 heterocycles. The molecule has 1 aromatic heterocycles.